The molecule has 0 spiro atoms. The van der Waals surface area contributed by atoms with Gasteiger partial charge in [-0.05, 0) is 39.2 Å². The van der Waals surface area contributed by atoms with Gasteiger partial charge in [-0.15, -0.1) is 0 Å². The van der Waals surface area contributed by atoms with Gasteiger partial charge in [-0.2, -0.15) is 0 Å². The highest BCUT2D eigenvalue weighted by atomic mass is 15.2. The largest absolute Gasteiger partial charge is 0.373 e. The van der Waals surface area contributed by atoms with E-state index < -0.39 is 0 Å². The van der Waals surface area contributed by atoms with Gasteiger partial charge in [0, 0.05) is 37.7 Å². The van der Waals surface area contributed by atoms with Gasteiger partial charge in [-0.3, -0.25) is 4.90 Å². The molecule has 0 amide bonds. The maximum absolute atomic E-state index is 4.77. The lowest BCUT2D eigenvalue weighted by molar-refractivity contribution is 0.318. The molecule has 5 nitrogen and oxygen atoms in total. The summed E-state index contributed by atoms with van der Waals surface area (Å²) in [6.07, 6.45) is 5.90. The van der Waals surface area contributed by atoms with Gasteiger partial charge in [0.05, 0.1) is 0 Å². The van der Waals surface area contributed by atoms with Gasteiger partial charge in [0.2, 0.25) is 0 Å². The van der Waals surface area contributed by atoms with Crippen LogP contribution in [0.15, 0.2) is 0 Å². The molecule has 2 unspecified atom stereocenters. The number of anilines is 2. The summed E-state index contributed by atoms with van der Waals surface area (Å²) in [6.45, 7) is 6.77. The molecule has 2 N–H and O–H groups in total. The predicted octanol–water partition coefficient (Wildman–Crippen LogP) is 2.43. The molecule has 2 aliphatic rings. The Labute approximate surface area is 127 Å². The van der Waals surface area contributed by atoms with Crippen molar-refractivity contribution >= 4 is 11.6 Å². The van der Waals surface area contributed by atoms with E-state index in [-0.39, 0.29) is 0 Å². The lowest BCUT2D eigenvalue weighted by Gasteiger charge is -2.23. The minimum absolute atomic E-state index is 0.542. The lowest BCUT2D eigenvalue weighted by atomic mass is 10.1. The quantitative estimate of drug-likeness (QED) is 0.872. The second kappa shape index (κ2) is 6.18. The summed E-state index contributed by atoms with van der Waals surface area (Å²) in [7, 11) is 1.93. The first-order valence-corrected chi connectivity index (χ1v) is 8.28. The summed E-state index contributed by atoms with van der Waals surface area (Å²) >= 11 is 0. The maximum Gasteiger partial charge on any atom is 0.135 e. The highest BCUT2D eigenvalue weighted by Crippen LogP contribution is 2.31. The number of nitrogens with zero attached hydrogens (tertiary/aromatic N) is 3. The fraction of sp³-hybridized carbons (Fsp3) is 0.750. The van der Waals surface area contributed by atoms with Crippen LogP contribution in [0.4, 0.5) is 11.6 Å². The molecular formula is C16H27N5. The van der Waals surface area contributed by atoms with Crippen LogP contribution in [0.5, 0.6) is 0 Å². The van der Waals surface area contributed by atoms with E-state index in [9.17, 15) is 0 Å². The molecule has 1 aromatic heterocycles. The number of rotatable bonds is 5. The molecule has 21 heavy (non-hydrogen) atoms. The fourth-order valence-corrected chi connectivity index (χ4v) is 3.71. The monoisotopic (exact) mass is 289 g/mol. The van der Waals surface area contributed by atoms with E-state index in [4.69, 9.17) is 4.98 Å². The van der Waals surface area contributed by atoms with E-state index in [1.807, 2.05) is 7.05 Å². The van der Waals surface area contributed by atoms with Crippen LogP contribution in [0.2, 0.25) is 0 Å². The highest BCUT2D eigenvalue weighted by molar-refractivity contribution is 5.57. The molecular weight excluding hydrogens is 262 g/mol. The molecule has 5 heteroatoms. The summed E-state index contributed by atoms with van der Waals surface area (Å²) in [5.74, 6) is 2.92. The van der Waals surface area contributed by atoms with Crippen molar-refractivity contribution in [2.45, 2.75) is 58.0 Å². The summed E-state index contributed by atoms with van der Waals surface area (Å²) in [5.41, 5.74) is 1.13. The summed E-state index contributed by atoms with van der Waals surface area (Å²) in [5, 5.41) is 6.93. The van der Waals surface area contributed by atoms with Crippen LogP contribution in [0.1, 0.15) is 44.0 Å². The molecule has 0 bridgehead atoms. The molecule has 3 rings (SSSR count). The number of fused-ring (bicyclic) bond motifs is 1. The standard InChI is InChI=1S/C16H27N5/c1-4-6-14-19-15(17-3)11(2)16(20-14)18-12-8-10-21-9-5-7-13(12)21/h12-13H,4-10H2,1-3H3,(H2,17,18,19,20). The van der Waals surface area contributed by atoms with Gasteiger partial charge in [0.1, 0.15) is 17.5 Å². The zero-order chi connectivity index (χ0) is 14.8. The molecule has 0 saturated carbocycles. The molecule has 2 fully saturated rings. The molecule has 0 radical (unpaired) electrons. The number of aryl methyl sites for hydroxylation is 1. The minimum atomic E-state index is 0.542. The average Bonchev–Trinajstić information content (AvgIpc) is 3.07. The summed E-state index contributed by atoms with van der Waals surface area (Å²) in [6, 6.07) is 1.24. The number of aromatic nitrogens is 2. The smallest absolute Gasteiger partial charge is 0.135 e. The Bertz CT molecular complexity index is 502. The molecule has 1 aromatic rings. The van der Waals surface area contributed by atoms with Gasteiger partial charge in [0.15, 0.2) is 0 Å². The zero-order valence-electron chi connectivity index (χ0n) is 13.4. The third-order valence-corrected chi connectivity index (χ3v) is 4.83. The van der Waals surface area contributed by atoms with Gasteiger partial charge in [-0.25, -0.2) is 9.97 Å². The Morgan fingerprint density at radius 2 is 2.00 bits per heavy atom. The average molecular weight is 289 g/mol. The minimum Gasteiger partial charge on any atom is -0.373 e. The van der Waals surface area contributed by atoms with Crippen LogP contribution in [0.25, 0.3) is 0 Å². The summed E-state index contributed by atoms with van der Waals surface area (Å²) in [4.78, 5) is 12.0. The predicted molar refractivity (Wildman–Crippen MR) is 86.9 cm³/mol. The van der Waals surface area contributed by atoms with Crippen LogP contribution in [0.3, 0.4) is 0 Å². The third kappa shape index (κ3) is 2.84. The first kappa shape index (κ1) is 14.6. The molecule has 0 aliphatic carbocycles. The van der Waals surface area contributed by atoms with Crippen LogP contribution < -0.4 is 10.6 Å². The van der Waals surface area contributed by atoms with Crippen molar-refractivity contribution in [1.29, 1.82) is 0 Å². The molecule has 2 aliphatic heterocycles. The van der Waals surface area contributed by atoms with Gasteiger partial charge in [-0.1, -0.05) is 6.92 Å². The zero-order valence-corrected chi connectivity index (χ0v) is 13.4. The Morgan fingerprint density at radius 1 is 1.19 bits per heavy atom. The van der Waals surface area contributed by atoms with Gasteiger partial charge >= 0.3 is 0 Å². The molecule has 2 saturated heterocycles. The van der Waals surface area contributed by atoms with E-state index in [1.165, 1.54) is 32.4 Å². The van der Waals surface area contributed by atoms with Crippen molar-refractivity contribution in [2.24, 2.45) is 0 Å². The van der Waals surface area contributed by atoms with Gasteiger partial charge in [0.25, 0.3) is 0 Å². The Kier molecular flexibility index (Phi) is 4.29. The van der Waals surface area contributed by atoms with Crippen molar-refractivity contribution in [3.63, 3.8) is 0 Å². The number of hydrogen-bond donors (Lipinski definition) is 2. The summed E-state index contributed by atoms with van der Waals surface area (Å²) < 4.78 is 0. The number of nitrogens with one attached hydrogen (secondary N) is 2. The van der Waals surface area contributed by atoms with E-state index in [2.05, 4.69) is 34.4 Å². The van der Waals surface area contributed by atoms with Crippen molar-refractivity contribution < 1.29 is 0 Å². The molecule has 3 heterocycles. The highest BCUT2D eigenvalue weighted by Gasteiger charge is 2.37. The van der Waals surface area contributed by atoms with E-state index in [1.54, 1.807) is 0 Å². The van der Waals surface area contributed by atoms with E-state index >= 15 is 0 Å². The van der Waals surface area contributed by atoms with Crippen molar-refractivity contribution in [3.05, 3.63) is 11.4 Å². The SMILES string of the molecule is CCCc1nc(NC)c(C)c(NC2CCN3CCCC23)n1. The Morgan fingerprint density at radius 3 is 2.76 bits per heavy atom. The van der Waals surface area contributed by atoms with Crippen molar-refractivity contribution in [3.8, 4) is 0 Å². The lowest BCUT2D eigenvalue weighted by Crippen LogP contribution is -2.34. The maximum atomic E-state index is 4.77. The first-order valence-electron chi connectivity index (χ1n) is 8.28. The molecule has 0 aromatic carbocycles. The Hall–Kier alpha value is -1.36. The second-order valence-electron chi connectivity index (χ2n) is 6.25. The van der Waals surface area contributed by atoms with Crippen molar-refractivity contribution in [2.75, 3.05) is 30.8 Å². The molecule has 116 valence electrons. The van der Waals surface area contributed by atoms with Crippen LogP contribution in [-0.2, 0) is 6.42 Å². The first-order chi connectivity index (χ1) is 10.2. The normalized spacial score (nSPS) is 25.1. The van der Waals surface area contributed by atoms with Gasteiger partial charge < -0.3 is 10.6 Å². The Balaban J connectivity index is 1.82. The van der Waals surface area contributed by atoms with Crippen LogP contribution in [-0.4, -0.2) is 47.1 Å². The number of hydrogen-bond acceptors (Lipinski definition) is 5. The molecule has 2 atom stereocenters. The van der Waals surface area contributed by atoms with Crippen LogP contribution >= 0.6 is 0 Å². The van der Waals surface area contributed by atoms with E-state index in [0.717, 1.165) is 35.9 Å². The second-order valence-corrected chi connectivity index (χ2v) is 6.25. The fourth-order valence-electron chi connectivity index (χ4n) is 3.71. The van der Waals surface area contributed by atoms with E-state index in [0.29, 0.717) is 12.1 Å². The third-order valence-electron chi connectivity index (χ3n) is 4.83. The van der Waals surface area contributed by atoms with Crippen LogP contribution in [0, 0.1) is 6.92 Å². The van der Waals surface area contributed by atoms with Crippen molar-refractivity contribution in [1.82, 2.24) is 14.9 Å². The topological polar surface area (TPSA) is 53.1 Å².